The Kier molecular flexibility index (Phi) is 6.76. The van der Waals surface area contributed by atoms with E-state index < -0.39 is 12.0 Å². The Morgan fingerprint density at radius 3 is 2.50 bits per heavy atom. The fourth-order valence-electron chi connectivity index (χ4n) is 2.09. The smallest absolute Gasteiger partial charge is 0.328 e. The van der Waals surface area contributed by atoms with Gasteiger partial charge in [0.2, 0.25) is 0 Å². The van der Waals surface area contributed by atoms with Crippen LogP contribution in [0.4, 0.5) is 0 Å². The van der Waals surface area contributed by atoms with Gasteiger partial charge in [-0.2, -0.15) is 0 Å². The molecule has 0 fully saturated rings. The molecule has 2 aromatic rings. The minimum atomic E-state index is -0.765. The highest BCUT2D eigenvalue weighted by atomic mass is 16.5. The van der Waals surface area contributed by atoms with Crippen molar-refractivity contribution >= 4 is 11.9 Å². The van der Waals surface area contributed by atoms with E-state index in [1.807, 2.05) is 18.2 Å². The molecule has 1 aromatic carbocycles. The second kappa shape index (κ2) is 9.29. The number of pyridine rings is 1. The van der Waals surface area contributed by atoms with Crippen molar-refractivity contribution in [2.45, 2.75) is 19.4 Å². The Bertz CT molecular complexity index is 647. The maximum Gasteiger partial charge on any atom is 0.328 e. The quantitative estimate of drug-likeness (QED) is 0.747. The van der Waals surface area contributed by atoms with Gasteiger partial charge in [-0.3, -0.25) is 9.78 Å². The molecule has 0 bridgehead atoms. The molecule has 1 N–H and O–H groups in total. The van der Waals surface area contributed by atoms with E-state index in [1.165, 1.54) is 0 Å². The summed E-state index contributed by atoms with van der Waals surface area (Å²) in [4.78, 5) is 28.1. The first-order chi connectivity index (χ1) is 11.7. The molecule has 0 unspecified atom stereocenters. The molecule has 0 radical (unpaired) electrons. The third kappa shape index (κ3) is 5.72. The fraction of sp³-hybridized carbons (Fsp3) is 0.278. The summed E-state index contributed by atoms with van der Waals surface area (Å²) in [5.74, 6) is -0.261. The molecule has 0 saturated carbocycles. The molecule has 2 rings (SSSR count). The number of carbonyl (C=O) groups is 2. The number of hydrogen-bond donors (Lipinski definition) is 1. The highest BCUT2D eigenvalue weighted by Gasteiger charge is 2.22. The molecular weight excluding hydrogens is 308 g/mol. The second-order valence-electron chi connectivity index (χ2n) is 5.03. The van der Waals surface area contributed by atoms with E-state index in [9.17, 15) is 9.59 Å². The lowest BCUT2D eigenvalue weighted by molar-refractivity contribution is -0.147. The number of benzene rings is 1. The average Bonchev–Trinajstić information content (AvgIpc) is 2.61. The number of carbonyl (C=O) groups excluding carboxylic acids is 2. The Morgan fingerprint density at radius 1 is 1.12 bits per heavy atom. The molecule has 6 heteroatoms. The number of aromatic nitrogens is 1. The van der Waals surface area contributed by atoms with E-state index in [0.29, 0.717) is 12.2 Å². The van der Waals surface area contributed by atoms with Crippen molar-refractivity contribution in [2.24, 2.45) is 0 Å². The lowest BCUT2D eigenvalue weighted by Gasteiger charge is -2.17. The number of amides is 1. The van der Waals surface area contributed by atoms with Crippen LogP contribution in [0.25, 0.3) is 0 Å². The molecule has 0 spiro atoms. The second-order valence-corrected chi connectivity index (χ2v) is 5.03. The zero-order valence-electron chi connectivity index (χ0n) is 13.5. The number of nitrogens with one attached hydrogen (secondary N) is 1. The van der Waals surface area contributed by atoms with Gasteiger partial charge in [0, 0.05) is 18.8 Å². The minimum Gasteiger partial charge on any atom is -0.484 e. The first-order valence-electron chi connectivity index (χ1n) is 7.71. The number of para-hydroxylation sites is 1. The number of hydrogen-bond acceptors (Lipinski definition) is 5. The topological polar surface area (TPSA) is 77.5 Å². The highest BCUT2D eigenvalue weighted by Crippen LogP contribution is 2.08. The van der Waals surface area contributed by atoms with Crippen LogP contribution >= 0.6 is 0 Å². The van der Waals surface area contributed by atoms with E-state index >= 15 is 0 Å². The SMILES string of the molecule is CCOC(=O)[C@@H](Cc1ccncc1)NC(=O)COc1ccccc1. The van der Waals surface area contributed by atoms with Crippen molar-refractivity contribution in [1.82, 2.24) is 10.3 Å². The molecule has 24 heavy (non-hydrogen) atoms. The molecule has 6 nitrogen and oxygen atoms in total. The van der Waals surface area contributed by atoms with Gasteiger partial charge in [-0.25, -0.2) is 4.79 Å². The predicted octanol–water partition coefficient (Wildman–Crippen LogP) is 1.75. The third-order valence-electron chi connectivity index (χ3n) is 3.21. The van der Waals surface area contributed by atoms with Crippen LogP contribution in [-0.4, -0.2) is 36.1 Å². The Morgan fingerprint density at radius 2 is 1.83 bits per heavy atom. The average molecular weight is 328 g/mol. The molecule has 1 aromatic heterocycles. The molecule has 1 atom stereocenters. The Balaban J connectivity index is 1.93. The first-order valence-corrected chi connectivity index (χ1v) is 7.71. The van der Waals surface area contributed by atoms with Crippen LogP contribution in [-0.2, 0) is 20.7 Å². The van der Waals surface area contributed by atoms with E-state index in [1.54, 1.807) is 43.6 Å². The largest absolute Gasteiger partial charge is 0.484 e. The molecule has 0 aliphatic carbocycles. The van der Waals surface area contributed by atoms with Crippen molar-refractivity contribution in [3.8, 4) is 5.75 Å². The zero-order chi connectivity index (χ0) is 17.2. The zero-order valence-corrected chi connectivity index (χ0v) is 13.5. The minimum absolute atomic E-state index is 0.170. The van der Waals surface area contributed by atoms with E-state index in [0.717, 1.165) is 5.56 Å². The summed E-state index contributed by atoms with van der Waals surface area (Å²) in [6.45, 7) is 1.81. The fourth-order valence-corrected chi connectivity index (χ4v) is 2.09. The standard InChI is InChI=1S/C18H20N2O4/c1-2-23-18(22)16(12-14-8-10-19-11-9-14)20-17(21)13-24-15-6-4-3-5-7-15/h3-11,16H,2,12-13H2,1H3,(H,20,21)/t16-/m1/s1. The van der Waals surface area contributed by atoms with Crippen molar-refractivity contribution in [1.29, 1.82) is 0 Å². The lowest BCUT2D eigenvalue weighted by atomic mass is 10.1. The summed E-state index contributed by atoms with van der Waals surface area (Å²) in [7, 11) is 0. The number of esters is 1. The van der Waals surface area contributed by atoms with Crippen LogP contribution in [0.15, 0.2) is 54.9 Å². The highest BCUT2D eigenvalue weighted by molar-refractivity contribution is 5.85. The van der Waals surface area contributed by atoms with E-state index in [4.69, 9.17) is 9.47 Å². The summed E-state index contributed by atoms with van der Waals surface area (Å²) < 4.78 is 10.4. The van der Waals surface area contributed by atoms with Crippen LogP contribution in [0, 0.1) is 0 Å². The van der Waals surface area contributed by atoms with Crippen molar-refractivity contribution < 1.29 is 19.1 Å². The van der Waals surface area contributed by atoms with Gasteiger partial charge >= 0.3 is 5.97 Å². The van der Waals surface area contributed by atoms with Crippen LogP contribution in [0.5, 0.6) is 5.75 Å². The maximum absolute atomic E-state index is 12.1. The van der Waals surface area contributed by atoms with Crippen LogP contribution in [0.3, 0.4) is 0 Å². The molecule has 126 valence electrons. The lowest BCUT2D eigenvalue weighted by Crippen LogP contribution is -2.45. The van der Waals surface area contributed by atoms with Gasteiger partial charge < -0.3 is 14.8 Å². The van der Waals surface area contributed by atoms with Gasteiger partial charge in [0.05, 0.1) is 6.61 Å². The van der Waals surface area contributed by atoms with Gasteiger partial charge in [0.15, 0.2) is 6.61 Å². The number of nitrogens with zero attached hydrogens (tertiary/aromatic N) is 1. The summed E-state index contributed by atoms with van der Waals surface area (Å²) in [6.07, 6.45) is 3.61. The van der Waals surface area contributed by atoms with Crippen LogP contribution in [0.2, 0.25) is 0 Å². The Labute approximate surface area is 140 Å². The van der Waals surface area contributed by atoms with Gasteiger partial charge in [-0.15, -0.1) is 0 Å². The summed E-state index contributed by atoms with van der Waals surface area (Å²) in [5.41, 5.74) is 0.882. The summed E-state index contributed by atoms with van der Waals surface area (Å²) in [6, 6.07) is 11.8. The predicted molar refractivity (Wildman–Crippen MR) is 88.4 cm³/mol. The number of ether oxygens (including phenoxy) is 2. The van der Waals surface area contributed by atoms with Gasteiger partial charge in [0.1, 0.15) is 11.8 Å². The van der Waals surface area contributed by atoms with Crippen molar-refractivity contribution in [2.75, 3.05) is 13.2 Å². The molecule has 0 aliphatic heterocycles. The normalized spacial score (nSPS) is 11.4. The van der Waals surface area contributed by atoms with Gasteiger partial charge in [0.25, 0.3) is 5.91 Å². The first kappa shape index (κ1) is 17.5. The molecule has 1 amide bonds. The maximum atomic E-state index is 12.1. The van der Waals surface area contributed by atoms with Crippen LogP contribution in [0.1, 0.15) is 12.5 Å². The monoisotopic (exact) mass is 328 g/mol. The molecule has 1 heterocycles. The summed E-state index contributed by atoms with van der Waals surface area (Å²) in [5, 5.41) is 2.66. The van der Waals surface area contributed by atoms with E-state index in [-0.39, 0.29) is 19.1 Å². The van der Waals surface area contributed by atoms with Gasteiger partial charge in [-0.1, -0.05) is 18.2 Å². The molecular formula is C18H20N2O4. The summed E-state index contributed by atoms with van der Waals surface area (Å²) >= 11 is 0. The molecule has 0 saturated heterocycles. The Hall–Kier alpha value is -2.89. The van der Waals surface area contributed by atoms with Crippen molar-refractivity contribution in [3.05, 3.63) is 60.4 Å². The third-order valence-corrected chi connectivity index (χ3v) is 3.21. The molecule has 0 aliphatic rings. The van der Waals surface area contributed by atoms with Crippen LogP contribution < -0.4 is 10.1 Å². The number of rotatable bonds is 8. The van der Waals surface area contributed by atoms with E-state index in [2.05, 4.69) is 10.3 Å². The van der Waals surface area contributed by atoms with Gasteiger partial charge in [-0.05, 0) is 36.8 Å². The van der Waals surface area contributed by atoms with Crippen molar-refractivity contribution in [3.63, 3.8) is 0 Å².